The summed E-state index contributed by atoms with van der Waals surface area (Å²) < 4.78 is 0. The Balaban J connectivity index is 2.42. The van der Waals surface area contributed by atoms with Crippen LogP contribution in [0.4, 0.5) is 0 Å². The van der Waals surface area contributed by atoms with Crippen LogP contribution in [-0.4, -0.2) is 5.26 Å². The molecule has 1 rings (SSSR count). The minimum Gasteiger partial charge on any atom is -0.340 e. The number of unbranched alkanes of at least 4 members (excludes halogenated alkanes) is 5. The van der Waals surface area contributed by atoms with Gasteiger partial charge in [0, 0.05) is 5.56 Å². The van der Waals surface area contributed by atoms with Crippen LogP contribution in [0, 0.1) is 0 Å². The van der Waals surface area contributed by atoms with Crippen molar-refractivity contribution in [3.8, 4) is 5.75 Å². The van der Waals surface area contributed by atoms with E-state index in [0.717, 1.165) is 12.0 Å². The van der Waals surface area contributed by atoms with Crippen LogP contribution >= 0.6 is 0 Å². The molecule has 1 N–H and O–H groups in total. The Morgan fingerprint density at radius 3 is 2.37 bits per heavy atom. The number of rotatable bonds is 9. The molecule has 0 saturated heterocycles. The summed E-state index contributed by atoms with van der Waals surface area (Å²) in [6.07, 6.45) is 8.92. The summed E-state index contributed by atoms with van der Waals surface area (Å²) in [5, 5.41) is 8.96. The van der Waals surface area contributed by atoms with Gasteiger partial charge in [0.25, 0.3) is 0 Å². The molecule has 0 aliphatic rings. The zero-order chi connectivity index (χ0) is 14.1. The third-order valence-corrected chi connectivity index (χ3v) is 3.62. The van der Waals surface area contributed by atoms with Gasteiger partial charge in [0.15, 0.2) is 5.75 Å². The normalized spacial score (nSPS) is 11.0. The zero-order valence-electron chi connectivity index (χ0n) is 12.6. The first-order valence-corrected chi connectivity index (χ1v) is 7.63. The topological polar surface area (TPSA) is 29.5 Å². The Hall–Kier alpha value is -1.02. The number of hydrogen-bond acceptors (Lipinski definition) is 2. The van der Waals surface area contributed by atoms with Crippen molar-refractivity contribution in [3.05, 3.63) is 29.3 Å². The molecule has 2 heteroatoms. The maximum Gasteiger partial charge on any atom is 0.168 e. The van der Waals surface area contributed by atoms with Crippen molar-refractivity contribution < 1.29 is 10.1 Å². The van der Waals surface area contributed by atoms with Crippen molar-refractivity contribution >= 4 is 0 Å². The molecule has 0 atom stereocenters. The number of hydrogen-bond donors (Lipinski definition) is 1. The van der Waals surface area contributed by atoms with Gasteiger partial charge in [-0.15, -0.1) is 0 Å². The molecule has 108 valence electrons. The maximum atomic E-state index is 8.96. The van der Waals surface area contributed by atoms with E-state index in [1.54, 1.807) is 0 Å². The fourth-order valence-corrected chi connectivity index (χ4v) is 2.40. The summed E-state index contributed by atoms with van der Waals surface area (Å²) in [5.74, 6) is 0.976. The molecular formula is C17H28O2. The van der Waals surface area contributed by atoms with Crippen LogP contribution in [0.15, 0.2) is 18.2 Å². The lowest BCUT2D eigenvalue weighted by Crippen LogP contribution is -1.96. The van der Waals surface area contributed by atoms with Crippen molar-refractivity contribution in [1.82, 2.24) is 0 Å². The molecule has 0 unspecified atom stereocenters. The average molecular weight is 264 g/mol. The summed E-state index contributed by atoms with van der Waals surface area (Å²) in [5.41, 5.74) is 2.32. The van der Waals surface area contributed by atoms with Crippen molar-refractivity contribution in [2.24, 2.45) is 0 Å². The second-order valence-corrected chi connectivity index (χ2v) is 5.64. The molecular weight excluding hydrogens is 236 g/mol. The highest BCUT2D eigenvalue weighted by Gasteiger charge is 2.09. The van der Waals surface area contributed by atoms with Crippen LogP contribution in [0.1, 0.15) is 76.3 Å². The minimum absolute atomic E-state index is 0.366. The molecule has 1 aromatic rings. The first-order chi connectivity index (χ1) is 9.19. The van der Waals surface area contributed by atoms with E-state index in [9.17, 15) is 0 Å². The molecule has 0 saturated carbocycles. The van der Waals surface area contributed by atoms with Crippen LogP contribution in [0.2, 0.25) is 0 Å². The quantitative estimate of drug-likeness (QED) is 0.359. The van der Waals surface area contributed by atoms with E-state index in [2.05, 4.69) is 37.8 Å². The molecule has 2 nitrogen and oxygen atoms in total. The summed E-state index contributed by atoms with van der Waals surface area (Å²) >= 11 is 0. The van der Waals surface area contributed by atoms with Gasteiger partial charge in [-0.2, -0.15) is 0 Å². The van der Waals surface area contributed by atoms with Crippen molar-refractivity contribution in [2.75, 3.05) is 0 Å². The minimum atomic E-state index is 0.366. The van der Waals surface area contributed by atoms with Crippen LogP contribution in [0.5, 0.6) is 5.75 Å². The monoisotopic (exact) mass is 264 g/mol. The molecule has 0 fully saturated rings. The Bertz CT molecular complexity index is 358. The largest absolute Gasteiger partial charge is 0.340 e. The number of aryl methyl sites for hydroxylation is 1. The first-order valence-electron chi connectivity index (χ1n) is 7.63. The molecule has 0 aliphatic heterocycles. The van der Waals surface area contributed by atoms with Crippen molar-refractivity contribution in [2.45, 2.75) is 71.6 Å². The summed E-state index contributed by atoms with van der Waals surface area (Å²) in [6.45, 7) is 6.45. The van der Waals surface area contributed by atoms with Gasteiger partial charge in [-0.25, -0.2) is 5.26 Å². The van der Waals surface area contributed by atoms with E-state index in [-0.39, 0.29) is 0 Å². The van der Waals surface area contributed by atoms with Gasteiger partial charge >= 0.3 is 0 Å². The standard InChI is InChI=1S/C17H28O2/c1-4-5-6-7-8-9-10-15-11-12-16(14(2)3)17(13-15)19-18/h11-14,18H,4-10H2,1-3H3. The smallest absolute Gasteiger partial charge is 0.168 e. The molecule has 1 aromatic carbocycles. The molecule has 0 bridgehead atoms. The second kappa shape index (κ2) is 8.98. The van der Waals surface area contributed by atoms with E-state index >= 15 is 0 Å². The Labute approximate surface area is 117 Å². The van der Waals surface area contributed by atoms with Gasteiger partial charge in [-0.3, -0.25) is 0 Å². The van der Waals surface area contributed by atoms with Gasteiger partial charge in [-0.1, -0.05) is 65.0 Å². The second-order valence-electron chi connectivity index (χ2n) is 5.64. The molecule has 0 aliphatic carbocycles. The van der Waals surface area contributed by atoms with Gasteiger partial charge in [0.2, 0.25) is 0 Å². The SMILES string of the molecule is CCCCCCCCc1ccc(C(C)C)c(OO)c1. The number of benzene rings is 1. The van der Waals surface area contributed by atoms with Crippen LogP contribution in [0.3, 0.4) is 0 Å². The Kier molecular flexibility index (Phi) is 7.57. The van der Waals surface area contributed by atoms with Crippen molar-refractivity contribution in [1.29, 1.82) is 0 Å². The zero-order valence-corrected chi connectivity index (χ0v) is 12.6. The first kappa shape index (κ1) is 16.0. The van der Waals surface area contributed by atoms with Crippen LogP contribution < -0.4 is 4.89 Å². The molecule has 0 amide bonds. The Morgan fingerprint density at radius 1 is 1.05 bits per heavy atom. The predicted molar refractivity (Wildman–Crippen MR) is 80.9 cm³/mol. The van der Waals surface area contributed by atoms with Gasteiger partial charge in [-0.05, 0) is 30.4 Å². The lowest BCUT2D eigenvalue weighted by atomic mass is 9.98. The summed E-state index contributed by atoms with van der Waals surface area (Å²) in [6, 6.07) is 6.20. The van der Waals surface area contributed by atoms with Crippen LogP contribution in [-0.2, 0) is 6.42 Å². The average Bonchev–Trinajstić information content (AvgIpc) is 2.42. The van der Waals surface area contributed by atoms with E-state index in [0.29, 0.717) is 11.7 Å². The fraction of sp³-hybridized carbons (Fsp3) is 0.647. The van der Waals surface area contributed by atoms with E-state index in [1.165, 1.54) is 44.1 Å². The highest BCUT2D eigenvalue weighted by Crippen LogP contribution is 2.27. The fourth-order valence-electron chi connectivity index (χ4n) is 2.40. The van der Waals surface area contributed by atoms with Crippen molar-refractivity contribution in [3.63, 3.8) is 0 Å². The van der Waals surface area contributed by atoms with Gasteiger partial charge in [0.05, 0.1) is 0 Å². The summed E-state index contributed by atoms with van der Waals surface area (Å²) in [7, 11) is 0. The molecule has 0 spiro atoms. The molecule has 19 heavy (non-hydrogen) atoms. The highest BCUT2D eigenvalue weighted by molar-refractivity contribution is 5.39. The highest BCUT2D eigenvalue weighted by atomic mass is 17.1. The third-order valence-electron chi connectivity index (χ3n) is 3.62. The molecule has 0 heterocycles. The van der Waals surface area contributed by atoms with E-state index in [4.69, 9.17) is 5.26 Å². The predicted octanol–water partition coefficient (Wildman–Crippen LogP) is 5.56. The third kappa shape index (κ3) is 5.65. The van der Waals surface area contributed by atoms with Crippen LogP contribution in [0.25, 0.3) is 0 Å². The van der Waals surface area contributed by atoms with Gasteiger partial charge in [0.1, 0.15) is 0 Å². The van der Waals surface area contributed by atoms with E-state index < -0.39 is 0 Å². The van der Waals surface area contributed by atoms with Gasteiger partial charge < -0.3 is 4.89 Å². The lowest BCUT2D eigenvalue weighted by molar-refractivity contribution is -0.138. The summed E-state index contributed by atoms with van der Waals surface area (Å²) in [4.78, 5) is 4.51. The molecule has 0 radical (unpaired) electrons. The van der Waals surface area contributed by atoms with E-state index in [1.807, 2.05) is 6.07 Å². The Morgan fingerprint density at radius 2 is 1.74 bits per heavy atom. The molecule has 0 aromatic heterocycles. The maximum absolute atomic E-state index is 8.96. The lowest BCUT2D eigenvalue weighted by Gasteiger charge is -2.11.